The highest BCUT2D eigenvalue weighted by Crippen LogP contribution is 2.28. The third-order valence-corrected chi connectivity index (χ3v) is 4.92. The molecule has 0 N–H and O–H groups in total. The summed E-state index contributed by atoms with van der Waals surface area (Å²) in [7, 11) is 0. The van der Waals surface area contributed by atoms with Gasteiger partial charge >= 0.3 is 11.6 Å². The molecule has 0 spiro atoms. The van der Waals surface area contributed by atoms with Crippen molar-refractivity contribution in [3.63, 3.8) is 0 Å². The number of aryl methyl sites for hydroxylation is 2. The number of rotatable bonds is 3. The van der Waals surface area contributed by atoms with Gasteiger partial charge in [-0.1, -0.05) is 12.8 Å². The van der Waals surface area contributed by atoms with Crippen LogP contribution in [0.2, 0.25) is 0 Å². The molecule has 2 fully saturated rings. The lowest BCUT2D eigenvalue weighted by Crippen LogP contribution is -2.55. The molecule has 136 valence electrons. The van der Waals surface area contributed by atoms with Crippen LogP contribution in [0.5, 0.6) is 0 Å². The number of amides is 1. The van der Waals surface area contributed by atoms with Gasteiger partial charge in [0.25, 0.3) is 5.91 Å². The minimum atomic E-state index is -0.652. The predicted molar refractivity (Wildman–Crippen MR) is 88.4 cm³/mol. The van der Waals surface area contributed by atoms with Crippen LogP contribution in [0.25, 0.3) is 0 Å². The summed E-state index contributed by atoms with van der Waals surface area (Å²) >= 11 is 0. The topological polar surface area (TPSA) is 86.1 Å². The van der Waals surface area contributed by atoms with Gasteiger partial charge in [0, 0.05) is 12.6 Å². The van der Waals surface area contributed by atoms with Crippen molar-refractivity contribution >= 4 is 11.9 Å². The molecule has 1 saturated carbocycles. The van der Waals surface area contributed by atoms with Crippen LogP contribution in [0.4, 0.5) is 0 Å². The molecule has 0 unspecified atom stereocenters. The fraction of sp³-hybridized carbons (Fsp3) is 0.611. The van der Waals surface area contributed by atoms with E-state index in [4.69, 9.17) is 13.9 Å². The standard InChI is InChI=1S/C18H23NO6/c1-11-9-16(21)25-12(2)17(11)18(22)24-10-15(20)19-7-8-23-14-6-4-3-5-13(14)19/h9,13-14H,3-8,10H2,1-2H3/t13-,14-/m1/s1. The van der Waals surface area contributed by atoms with Gasteiger partial charge in [0.05, 0.1) is 18.8 Å². The molecule has 1 aromatic rings. The van der Waals surface area contributed by atoms with Gasteiger partial charge in [-0.05, 0) is 32.3 Å². The molecule has 1 aromatic heterocycles. The van der Waals surface area contributed by atoms with E-state index in [1.165, 1.54) is 13.0 Å². The Hall–Kier alpha value is -2.15. The van der Waals surface area contributed by atoms with Crippen LogP contribution in [-0.2, 0) is 14.3 Å². The van der Waals surface area contributed by atoms with E-state index < -0.39 is 11.6 Å². The summed E-state index contributed by atoms with van der Waals surface area (Å²) in [5.74, 6) is -0.664. The van der Waals surface area contributed by atoms with E-state index >= 15 is 0 Å². The molecule has 1 aliphatic carbocycles. The number of morpholine rings is 1. The van der Waals surface area contributed by atoms with E-state index in [-0.39, 0.29) is 36.0 Å². The van der Waals surface area contributed by atoms with E-state index in [0.29, 0.717) is 18.7 Å². The quantitative estimate of drug-likeness (QED) is 0.770. The second-order valence-corrected chi connectivity index (χ2v) is 6.60. The van der Waals surface area contributed by atoms with Gasteiger partial charge in [-0.3, -0.25) is 4.79 Å². The van der Waals surface area contributed by atoms with Crippen LogP contribution >= 0.6 is 0 Å². The highest BCUT2D eigenvalue weighted by Gasteiger charge is 2.36. The lowest BCUT2D eigenvalue weighted by molar-refractivity contribution is -0.152. The van der Waals surface area contributed by atoms with Crippen LogP contribution in [0.3, 0.4) is 0 Å². The Balaban J connectivity index is 1.64. The SMILES string of the molecule is Cc1cc(=O)oc(C)c1C(=O)OCC(=O)N1CCO[C@@H]2CCCC[C@H]21. The Morgan fingerprint density at radius 1 is 1.28 bits per heavy atom. The first kappa shape index (κ1) is 17.7. The number of esters is 1. The van der Waals surface area contributed by atoms with E-state index in [2.05, 4.69) is 0 Å². The van der Waals surface area contributed by atoms with Crippen molar-refractivity contribution in [3.05, 3.63) is 33.4 Å². The molecule has 1 saturated heterocycles. The largest absolute Gasteiger partial charge is 0.452 e. The molecule has 7 heteroatoms. The summed E-state index contributed by atoms with van der Waals surface area (Å²) in [6, 6.07) is 1.31. The van der Waals surface area contributed by atoms with Gasteiger partial charge in [-0.25, -0.2) is 9.59 Å². The van der Waals surface area contributed by atoms with Crippen molar-refractivity contribution in [2.75, 3.05) is 19.8 Å². The van der Waals surface area contributed by atoms with Crippen molar-refractivity contribution in [1.82, 2.24) is 4.90 Å². The zero-order valence-electron chi connectivity index (χ0n) is 14.6. The second-order valence-electron chi connectivity index (χ2n) is 6.60. The fourth-order valence-corrected chi connectivity index (χ4v) is 3.75. The fourth-order valence-electron chi connectivity index (χ4n) is 3.75. The maximum Gasteiger partial charge on any atom is 0.342 e. The molecule has 0 bridgehead atoms. The van der Waals surface area contributed by atoms with Gasteiger partial charge < -0.3 is 18.8 Å². The average molecular weight is 349 g/mol. The van der Waals surface area contributed by atoms with Crippen molar-refractivity contribution in [1.29, 1.82) is 0 Å². The maximum atomic E-state index is 12.5. The smallest absolute Gasteiger partial charge is 0.342 e. The molecule has 1 aliphatic heterocycles. The molecule has 3 rings (SSSR count). The number of hydrogen-bond donors (Lipinski definition) is 0. The van der Waals surface area contributed by atoms with E-state index in [9.17, 15) is 14.4 Å². The Kier molecular flexibility index (Phi) is 5.22. The zero-order chi connectivity index (χ0) is 18.0. The summed E-state index contributed by atoms with van der Waals surface area (Å²) in [6.07, 6.45) is 4.18. The number of hydrogen-bond acceptors (Lipinski definition) is 6. The molecule has 0 aromatic carbocycles. The first-order valence-corrected chi connectivity index (χ1v) is 8.67. The molecule has 0 radical (unpaired) electrons. The summed E-state index contributed by atoms with van der Waals surface area (Å²) in [4.78, 5) is 37.9. The first-order valence-electron chi connectivity index (χ1n) is 8.67. The maximum absolute atomic E-state index is 12.5. The van der Waals surface area contributed by atoms with Gasteiger partial charge in [0.15, 0.2) is 6.61 Å². The van der Waals surface area contributed by atoms with Gasteiger partial charge in [0.2, 0.25) is 0 Å². The summed E-state index contributed by atoms with van der Waals surface area (Å²) in [6.45, 7) is 3.89. The van der Waals surface area contributed by atoms with Gasteiger partial charge in [-0.2, -0.15) is 0 Å². The first-order chi connectivity index (χ1) is 12.0. The number of carbonyl (C=O) groups is 2. The van der Waals surface area contributed by atoms with E-state index in [0.717, 1.165) is 25.7 Å². The summed E-state index contributed by atoms with van der Waals surface area (Å²) in [5, 5.41) is 0. The zero-order valence-corrected chi connectivity index (χ0v) is 14.6. The lowest BCUT2D eigenvalue weighted by atomic mass is 9.90. The third-order valence-electron chi connectivity index (χ3n) is 4.92. The number of carbonyl (C=O) groups excluding carboxylic acids is 2. The van der Waals surface area contributed by atoms with E-state index in [1.54, 1.807) is 11.8 Å². The Morgan fingerprint density at radius 3 is 2.80 bits per heavy atom. The van der Waals surface area contributed by atoms with Gasteiger partial charge in [-0.15, -0.1) is 0 Å². The minimum absolute atomic E-state index is 0.0759. The van der Waals surface area contributed by atoms with Crippen LogP contribution in [0.1, 0.15) is 47.4 Å². The molecule has 2 atom stereocenters. The average Bonchev–Trinajstić information content (AvgIpc) is 2.58. The highest BCUT2D eigenvalue weighted by atomic mass is 16.5. The van der Waals surface area contributed by atoms with Crippen LogP contribution in [0.15, 0.2) is 15.3 Å². The molecular formula is C18H23NO6. The van der Waals surface area contributed by atoms with Crippen molar-refractivity contribution in [2.24, 2.45) is 0 Å². The normalized spacial score (nSPS) is 23.0. The Bertz CT molecular complexity index is 697. The molecule has 1 amide bonds. The summed E-state index contributed by atoms with van der Waals surface area (Å²) in [5.41, 5.74) is 0.161. The molecule has 2 heterocycles. The second kappa shape index (κ2) is 7.39. The molecule has 25 heavy (non-hydrogen) atoms. The van der Waals surface area contributed by atoms with Crippen molar-refractivity contribution in [2.45, 2.75) is 51.7 Å². The van der Waals surface area contributed by atoms with Crippen LogP contribution < -0.4 is 5.63 Å². The molecule has 7 nitrogen and oxygen atoms in total. The van der Waals surface area contributed by atoms with Crippen LogP contribution in [0, 0.1) is 13.8 Å². The third kappa shape index (κ3) is 3.76. The number of ether oxygens (including phenoxy) is 2. The van der Waals surface area contributed by atoms with Gasteiger partial charge in [0.1, 0.15) is 11.3 Å². The van der Waals surface area contributed by atoms with Crippen molar-refractivity contribution in [3.8, 4) is 0 Å². The summed E-state index contributed by atoms with van der Waals surface area (Å²) < 4.78 is 15.9. The lowest BCUT2D eigenvalue weighted by Gasteiger charge is -2.43. The number of fused-ring (bicyclic) bond motifs is 1. The highest BCUT2D eigenvalue weighted by molar-refractivity contribution is 5.93. The molecular weight excluding hydrogens is 326 g/mol. The minimum Gasteiger partial charge on any atom is -0.452 e. The Morgan fingerprint density at radius 2 is 2.04 bits per heavy atom. The Labute approximate surface area is 145 Å². The predicted octanol–water partition coefficient (Wildman–Crippen LogP) is 1.58. The monoisotopic (exact) mass is 349 g/mol. The van der Waals surface area contributed by atoms with Crippen LogP contribution in [-0.4, -0.2) is 48.7 Å². The van der Waals surface area contributed by atoms with Crippen molar-refractivity contribution < 1.29 is 23.5 Å². The molecule has 2 aliphatic rings. The number of nitrogens with zero attached hydrogens (tertiary/aromatic N) is 1. The van der Waals surface area contributed by atoms with E-state index in [1.807, 2.05) is 0 Å².